The lowest BCUT2D eigenvalue weighted by atomic mass is 9.94. The molecule has 0 heterocycles. The minimum Gasteiger partial charge on any atom is -0.480 e. The number of thioether (sulfide) groups is 1. The van der Waals surface area contributed by atoms with E-state index >= 15 is 0 Å². The van der Waals surface area contributed by atoms with Gasteiger partial charge in [0.05, 0.1) is 5.75 Å². The second kappa shape index (κ2) is 7.35. The van der Waals surface area contributed by atoms with Crippen LogP contribution in [-0.4, -0.2) is 43.3 Å². The Morgan fingerprint density at radius 2 is 1.94 bits per heavy atom. The summed E-state index contributed by atoms with van der Waals surface area (Å²) in [5.74, 6) is -0.554. The van der Waals surface area contributed by atoms with Crippen LogP contribution in [0.4, 0.5) is 0 Å². The van der Waals surface area contributed by atoms with Gasteiger partial charge in [-0.25, -0.2) is 13.1 Å². The molecule has 5 nitrogen and oxygen atoms in total. The Morgan fingerprint density at radius 3 is 2.33 bits per heavy atom. The molecule has 0 aromatic rings. The van der Waals surface area contributed by atoms with Gasteiger partial charge in [-0.15, -0.1) is 0 Å². The number of rotatable bonds is 8. The second-order valence-electron chi connectivity index (χ2n) is 5.42. The molecule has 0 aliphatic carbocycles. The number of sulfonamides is 1. The number of carbonyl (C=O) groups is 1. The molecule has 0 aliphatic rings. The van der Waals surface area contributed by atoms with Crippen molar-refractivity contribution in [2.75, 3.05) is 17.8 Å². The van der Waals surface area contributed by atoms with Crippen molar-refractivity contribution in [3.63, 3.8) is 0 Å². The number of aliphatic carboxylic acids is 1. The van der Waals surface area contributed by atoms with Crippen molar-refractivity contribution in [3.05, 3.63) is 0 Å². The number of nitrogens with one attached hydrogen (secondary N) is 1. The third-order valence-corrected chi connectivity index (χ3v) is 4.38. The maximum atomic E-state index is 11.8. The molecular weight excluding hydrogens is 274 g/mol. The summed E-state index contributed by atoms with van der Waals surface area (Å²) in [6, 6.07) is -1.03. The van der Waals surface area contributed by atoms with E-state index in [2.05, 4.69) is 4.72 Å². The number of carboxylic acids is 1. The lowest BCUT2D eigenvalue weighted by molar-refractivity contribution is -0.139. The summed E-state index contributed by atoms with van der Waals surface area (Å²) >= 11 is 1.49. The molecule has 0 aromatic carbocycles. The van der Waals surface area contributed by atoms with Gasteiger partial charge >= 0.3 is 5.97 Å². The van der Waals surface area contributed by atoms with E-state index in [0.717, 1.165) is 0 Å². The van der Waals surface area contributed by atoms with E-state index in [1.54, 1.807) is 0 Å². The molecule has 7 heteroatoms. The third kappa shape index (κ3) is 8.77. The second-order valence-corrected chi connectivity index (χ2v) is 8.28. The lowest BCUT2D eigenvalue weighted by Crippen LogP contribution is -2.42. The quantitative estimate of drug-likeness (QED) is 0.710. The van der Waals surface area contributed by atoms with E-state index in [1.165, 1.54) is 11.8 Å². The van der Waals surface area contributed by atoms with Crippen LogP contribution >= 0.6 is 11.8 Å². The van der Waals surface area contributed by atoms with Crippen molar-refractivity contribution in [3.8, 4) is 0 Å². The lowest BCUT2D eigenvalue weighted by Gasteiger charge is -2.19. The highest BCUT2D eigenvalue weighted by atomic mass is 32.2. The molecule has 0 spiro atoms. The monoisotopic (exact) mass is 297 g/mol. The maximum Gasteiger partial charge on any atom is 0.321 e. The normalized spacial score (nSPS) is 14.4. The zero-order chi connectivity index (χ0) is 14.4. The summed E-state index contributed by atoms with van der Waals surface area (Å²) < 4.78 is 25.8. The van der Waals surface area contributed by atoms with Gasteiger partial charge < -0.3 is 5.11 Å². The van der Waals surface area contributed by atoms with Gasteiger partial charge in [-0.3, -0.25) is 4.79 Å². The van der Waals surface area contributed by atoms with Crippen molar-refractivity contribution < 1.29 is 18.3 Å². The Bertz CT molecular complexity index is 360. The van der Waals surface area contributed by atoms with E-state index in [9.17, 15) is 13.2 Å². The van der Waals surface area contributed by atoms with E-state index in [-0.39, 0.29) is 11.2 Å². The van der Waals surface area contributed by atoms with Gasteiger partial charge in [0.15, 0.2) is 0 Å². The molecule has 0 unspecified atom stereocenters. The summed E-state index contributed by atoms with van der Waals surface area (Å²) in [5, 5.41) is 8.96. The van der Waals surface area contributed by atoms with Crippen LogP contribution in [0.25, 0.3) is 0 Å². The fourth-order valence-corrected chi connectivity index (χ4v) is 3.31. The molecule has 0 radical (unpaired) electrons. The van der Waals surface area contributed by atoms with Gasteiger partial charge in [-0.2, -0.15) is 11.8 Å². The average molecular weight is 297 g/mol. The number of hydrogen-bond acceptors (Lipinski definition) is 4. The van der Waals surface area contributed by atoms with Crippen LogP contribution in [0.1, 0.15) is 33.6 Å². The first-order valence-corrected chi connectivity index (χ1v) is 8.84. The molecule has 0 saturated carbocycles. The predicted molar refractivity (Wildman–Crippen MR) is 75.4 cm³/mol. The van der Waals surface area contributed by atoms with Crippen molar-refractivity contribution >= 4 is 27.8 Å². The van der Waals surface area contributed by atoms with Crippen LogP contribution in [0.5, 0.6) is 0 Å². The van der Waals surface area contributed by atoms with Gasteiger partial charge in [-0.05, 0) is 30.3 Å². The first-order valence-electron chi connectivity index (χ1n) is 5.79. The largest absolute Gasteiger partial charge is 0.480 e. The number of hydrogen-bond donors (Lipinski definition) is 2. The van der Waals surface area contributed by atoms with E-state index in [1.807, 2.05) is 27.0 Å². The minimum absolute atomic E-state index is 0.0421. The fourth-order valence-electron chi connectivity index (χ4n) is 1.18. The first kappa shape index (κ1) is 17.7. The van der Waals surface area contributed by atoms with E-state index in [0.29, 0.717) is 18.6 Å². The smallest absolute Gasteiger partial charge is 0.321 e. The van der Waals surface area contributed by atoms with Gasteiger partial charge in [0.25, 0.3) is 0 Å². The van der Waals surface area contributed by atoms with Crippen molar-refractivity contribution in [2.45, 2.75) is 39.7 Å². The molecular formula is C11H23NO4S2. The minimum atomic E-state index is -3.53. The first-order chi connectivity index (χ1) is 8.07. The molecule has 0 amide bonds. The van der Waals surface area contributed by atoms with Crippen LogP contribution < -0.4 is 4.72 Å². The SMILES string of the molecule is CSCC[C@@H](NS(=O)(=O)CCC(C)(C)C)C(=O)O. The highest BCUT2D eigenvalue weighted by Gasteiger charge is 2.24. The van der Waals surface area contributed by atoms with Crippen molar-refractivity contribution in [1.82, 2.24) is 4.72 Å². The molecule has 0 fully saturated rings. The van der Waals surface area contributed by atoms with Crippen LogP contribution in [0.2, 0.25) is 0 Å². The van der Waals surface area contributed by atoms with Gasteiger partial charge in [0.1, 0.15) is 6.04 Å². The van der Waals surface area contributed by atoms with Gasteiger partial charge in [-0.1, -0.05) is 20.8 Å². The highest BCUT2D eigenvalue weighted by molar-refractivity contribution is 7.98. The van der Waals surface area contributed by atoms with Crippen molar-refractivity contribution in [1.29, 1.82) is 0 Å². The van der Waals surface area contributed by atoms with E-state index < -0.39 is 22.0 Å². The summed E-state index contributed by atoms with van der Waals surface area (Å²) in [4.78, 5) is 10.9. The molecule has 18 heavy (non-hydrogen) atoms. The summed E-state index contributed by atoms with van der Waals surface area (Å²) in [5.41, 5.74) is -0.0905. The fraction of sp³-hybridized carbons (Fsp3) is 0.909. The molecule has 1 atom stereocenters. The molecule has 0 saturated heterocycles. The van der Waals surface area contributed by atoms with E-state index in [4.69, 9.17) is 5.11 Å². The molecule has 0 rings (SSSR count). The van der Waals surface area contributed by atoms with Crippen LogP contribution in [0, 0.1) is 5.41 Å². The zero-order valence-electron chi connectivity index (χ0n) is 11.4. The molecule has 0 aromatic heterocycles. The standard InChI is InChI=1S/C11H23NO4S2/c1-11(2,3)6-8-18(15,16)12-9(10(13)14)5-7-17-4/h9,12H,5-8H2,1-4H3,(H,13,14)/t9-/m1/s1. The van der Waals surface area contributed by atoms with Crippen molar-refractivity contribution in [2.24, 2.45) is 5.41 Å². The van der Waals surface area contributed by atoms with Gasteiger partial charge in [0, 0.05) is 0 Å². The van der Waals surface area contributed by atoms with Crippen LogP contribution in [0.3, 0.4) is 0 Å². The average Bonchev–Trinajstić information content (AvgIpc) is 2.20. The molecule has 0 bridgehead atoms. The Balaban J connectivity index is 4.47. The summed E-state index contributed by atoms with van der Waals surface area (Å²) in [7, 11) is -3.53. The Labute approximate surface area is 114 Å². The molecule has 108 valence electrons. The predicted octanol–water partition coefficient (Wildman–Crippen LogP) is 1.55. The molecule has 0 aliphatic heterocycles. The summed E-state index contributed by atoms with van der Waals surface area (Å²) in [6.07, 6.45) is 2.65. The Morgan fingerprint density at radius 1 is 1.39 bits per heavy atom. The summed E-state index contributed by atoms with van der Waals surface area (Å²) in [6.45, 7) is 5.85. The number of carboxylic acid groups (broad SMARTS) is 1. The van der Waals surface area contributed by atoms with Crippen LogP contribution in [0.15, 0.2) is 0 Å². The maximum absolute atomic E-state index is 11.8. The zero-order valence-corrected chi connectivity index (χ0v) is 13.0. The highest BCUT2D eigenvalue weighted by Crippen LogP contribution is 2.19. The third-order valence-electron chi connectivity index (χ3n) is 2.35. The Hall–Kier alpha value is -0.270. The Kier molecular flexibility index (Phi) is 7.24. The van der Waals surface area contributed by atoms with Gasteiger partial charge in [0.2, 0.25) is 10.0 Å². The van der Waals surface area contributed by atoms with Crippen LogP contribution in [-0.2, 0) is 14.8 Å². The molecule has 2 N–H and O–H groups in total. The topological polar surface area (TPSA) is 83.5 Å².